The number of likely N-dealkylation sites (tertiary alicyclic amines) is 1. The number of benzene rings is 1. The number of carbonyl (C=O) groups excluding carboxylic acids is 2. The second-order valence-electron chi connectivity index (χ2n) is 6.33. The first kappa shape index (κ1) is 14.3. The lowest BCUT2D eigenvalue weighted by Gasteiger charge is -2.30. The Hall–Kier alpha value is -1.68. The van der Waals surface area contributed by atoms with Crippen LogP contribution in [0.25, 0.3) is 0 Å². The van der Waals surface area contributed by atoms with Crippen molar-refractivity contribution in [2.24, 2.45) is 11.1 Å². The fourth-order valence-electron chi connectivity index (χ4n) is 3.68. The standard InChI is InChI=1S/C17H22N2O2/c18-11-13-5-4-6-14(9-13)12-19-15(20)10-17(16(19)21)7-2-1-3-8-17/h4-6,9H,1-3,7-8,10-12,18H2. The van der Waals surface area contributed by atoms with Gasteiger partial charge in [-0.15, -0.1) is 0 Å². The number of imide groups is 1. The first-order chi connectivity index (χ1) is 10.1. The highest BCUT2D eigenvalue weighted by Crippen LogP contribution is 2.45. The van der Waals surface area contributed by atoms with Crippen LogP contribution in [-0.2, 0) is 22.7 Å². The molecule has 1 saturated heterocycles. The van der Waals surface area contributed by atoms with E-state index < -0.39 is 0 Å². The van der Waals surface area contributed by atoms with Gasteiger partial charge in [-0.25, -0.2) is 0 Å². The van der Waals surface area contributed by atoms with Gasteiger partial charge in [0.1, 0.15) is 0 Å². The highest BCUT2D eigenvalue weighted by molar-refractivity contribution is 6.05. The van der Waals surface area contributed by atoms with Crippen molar-refractivity contribution < 1.29 is 9.59 Å². The van der Waals surface area contributed by atoms with Crippen molar-refractivity contribution >= 4 is 11.8 Å². The summed E-state index contributed by atoms with van der Waals surface area (Å²) in [4.78, 5) is 26.5. The Bertz CT molecular complexity index is 562. The summed E-state index contributed by atoms with van der Waals surface area (Å²) in [6, 6.07) is 7.82. The third kappa shape index (κ3) is 2.60. The number of rotatable bonds is 3. The minimum Gasteiger partial charge on any atom is -0.326 e. The predicted octanol–water partition coefficient (Wildman–Crippen LogP) is 2.35. The maximum atomic E-state index is 12.7. The minimum atomic E-state index is -0.388. The summed E-state index contributed by atoms with van der Waals surface area (Å²) in [6.07, 6.45) is 5.46. The van der Waals surface area contributed by atoms with E-state index in [-0.39, 0.29) is 17.2 Å². The fourth-order valence-corrected chi connectivity index (χ4v) is 3.68. The van der Waals surface area contributed by atoms with Crippen LogP contribution in [0.3, 0.4) is 0 Å². The molecule has 1 heterocycles. The monoisotopic (exact) mass is 286 g/mol. The second-order valence-corrected chi connectivity index (χ2v) is 6.33. The first-order valence-corrected chi connectivity index (χ1v) is 7.77. The van der Waals surface area contributed by atoms with Gasteiger partial charge in [-0.2, -0.15) is 0 Å². The van der Waals surface area contributed by atoms with E-state index in [0.29, 0.717) is 19.5 Å². The Kier molecular flexibility index (Phi) is 3.81. The average molecular weight is 286 g/mol. The van der Waals surface area contributed by atoms with E-state index in [1.807, 2.05) is 24.3 Å². The van der Waals surface area contributed by atoms with Crippen molar-refractivity contribution in [3.05, 3.63) is 35.4 Å². The molecular weight excluding hydrogens is 264 g/mol. The van der Waals surface area contributed by atoms with Crippen LogP contribution in [-0.4, -0.2) is 16.7 Å². The molecule has 1 aromatic carbocycles. The molecule has 1 aromatic rings. The van der Waals surface area contributed by atoms with Gasteiger partial charge in [-0.1, -0.05) is 43.5 Å². The van der Waals surface area contributed by atoms with Gasteiger partial charge in [0.2, 0.25) is 11.8 Å². The van der Waals surface area contributed by atoms with E-state index in [9.17, 15) is 9.59 Å². The molecule has 112 valence electrons. The summed E-state index contributed by atoms with van der Waals surface area (Å²) >= 11 is 0. The normalized spacial score (nSPS) is 21.3. The zero-order chi connectivity index (χ0) is 14.9. The maximum Gasteiger partial charge on any atom is 0.236 e. The van der Waals surface area contributed by atoms with Crippen molar-refractivity contribution in [2.45, 2.75) is 51.6 Å². The van der Waals surface area contributed by atoms with Gasteiger partial charge in [0.25, 0.3) is 0 Å². The lowest BCUT2D eigenvalue weighted by Crippen LogP contribution is -2.36. The van der Waals surface area contributed by atoms with Gasteiger partial charge in [0.15, 0.2) is 0 Å². The zero-order valence-electron chi connectivity index (χ0n) is 12.3. The lowest BCUT2D eigenvalue weighted by molar-refractivity contribution is -0.142. The van der Waals surface area contributed by atoms with Crippen LogP contribution in [0.5, 0.6) is 0 Å². The van der Waals surface area contributed by atoms with E-state index in [1.54, 1.807) is 0 Å². The van der Waals surface area contributed by atoms with E-state index in [4.69, 9.17) is 5.73 Å². The van der Waals surface area contributed by atoms with E-state index in [1.165, 1.54) is 11.3 Å². The molecule has 3 rings (SSSR count). The quantitative estimate of drug-likeness (QED) is 0.868. The van der Waals surface area contributed by atoms with Crippen molar-refractivity contribution in [1.29, 1.82) is 0 Å². The number of nitrogens with two attached hydrogens (primary N) is 1. The number of amides is 2. The highest BCUT2D eigenvalue weighted by atomic mass is 16.2. The van der Waals surface area contributed by atoms with E-state index in [0.717, 1.165) is 36.8 Å². The van der Waals surface area contributed by atoms with Gasteiger partial charge >= 0.3 is 0 Å². The van der Waals surface area contributed by atoms with E-state index in [2.05, 4.69) is 0 Å². The molecule has 1 spiro atoms. The first-order valence-electron chi connectivity index (χ1n) is 7.77. The molecule has 1 saturated carbocycles. The second kappa shape index (κ2) is 5.60. The molecule has 0 unspecified atom stereocenters. The summed E-state index contributed by atoms with van der Waals surface area (Å²) in [6.45, 7) is 0.854. The van der Waals surface area contributed by atoms with E-state index >= 15 is 0 Å². The molecular formula is C17H22N2O2. The summed E-state index contributed by atoms with van der Waals surface area (Å²) < 4.78 is 0. The highest BCUT2D eigenvalue weighted by Gasteiger charge is 2.51. The zero-order valence-corrected chi connectivity index (χ0v) is 12.3. The van der Waals surface area contributed by atoms with Crippen molar-refractivity contribution in [2.75, 3.05) is 0 Å². The van der Waals surface area contributed by atoms with Crippen LogP contribution in [0, 0.1) is 5.41 Å². The number of carbonyl (C=O) groups is 2. The predicted molar refractivity (Wildman–Crippen MR) is 80.0 cm³/mol. The topological polar surface area (TPSA) is 63.4 Å². The van der Waals surface area contributed by atoms with Crippen LogP contribution < -0.4 is 5.73 Å². The molecule has 0 atom stereocenters. The van der Waals surface area contributed by atoms with Crippen molar-refractivity contribution in [1.82, 2.24) is 4.90 Å². The smallest absolute Gasteiger partial charge is 0.236 e. The van der Waals surface area contributed by atoms with Crippen LogP contribution in [0.4, 0.5) is 0 Å². The summed E-state index contributed by atoms with van der Waals surface area (Å²) in [5.74, 6) is 0.0328. The molecule has 0 radical (unpaired) electrons. The molecule has 2 N–H and O–H groups in total. The molecule has 0 aromatic heterocycles. The van der Waals surface area contributed by atoms with Gasteiger partial charge in [0, 0.05) is 13.0 Å². The Morgan fingerprint density at radius 3 is 2.52 bits per heavy atom. The molecule has 1 aliphatic heterocycles. The molecule has 21 heavy (non-hydrogen) atoms. The summed E-state index contributed by atoms with van der Waals surface area (Å²) in [5.41, 5.74) is 7.26. The maximum absolute atomic E-state index is 12.7. The lowest BCUT2D eigenvalue weighted by atomic mass is 9.73. The molecule has 0 bridgehead atoms. The van der Waals surface area contributed by atoms with Gasteiger partial charge in [0.05, 0.1) is 12.0 Å². The molecule has 1 aliphatic carbocycles. The average Bonchev–Trinajstić information content (AvgIpc) is 2.73. The van der Waals surface area contributed by atoms with Crippen LogP contribution in [0.2, 0.25) is 0 Å². The molecule has 2 fully saturated rings. The molecule has 4 heteroatoms. The Morgan fingerprint density at radius 1 is 1.10 bits per heavy atom. The van der Waals surface area contributed by atoms with Crippen molar-refractivity contribution in [3.63, 3.8) is 0 Å². The van der Waals surface area contributed by atoms with Gasteiger partial charge in [-0.3, -0.25) is 14.5 Å². The third-order valence-corrected chi connectivity index (χ3v) is 4.87. The van der Waals surface area contributed by atoms with Crippen LogP contribution in [0.1, 0.15) is 49.7 Å². The molecule has 2 aliphatic rings. The SMILES string of the molecule is NCc1cccc(CN2C(=O)CC3(CCCCC3)C2=O)c1. The van der Waals surface area contributed by atoms with Crippen LogP contribution in [0.15, 0.2) is 24.3 Å². The van der Waals surface area contributed by atoms with Gasteiger partial charge < -0.3 is 5.73 Å². The van der Waals surface area contributed by atoms with Crippen molar-refractivity contribution in [3.8, 4) is 0 Å². The fraction of sp³-hybridized carbons (Fsp3) is 0.529. The Morgan fingerprint density at radius 2 is 1.81 bits per heavy atom. The molecule has 4 nitrogen and oxygen atoms in total. The third-order valence-electron chi connectivity index (χ3n) is 4.87. The summed E-state index contributed by atoms with van der Waals surface area (Å²) in [5, 5.41) is 0. The largest absolute Gasteiger partial charge is 0.326 e. The Balaban J connectivity index is 1.79. The number of hydrogen-bond donors (Lipinski definition) is 1. The summed E-state index contributed by atoms with van der Waals surface area (Å²) in [7, 11) is 0. The van der Waals surface area contributed by atoms with Crippen LogP contribution >= 0.6 is 0 Å². The Labute approximate surface area is 125 Å². The molecule has 2 amide bonds. The van der Waals surface area contributed by atoms with Gasteiger partial charge in [-0.05, 0) is 24.0 Å². The number of nitrogens with zero attached hydrogens (tertiary/aromatic N) is 1. The number of hydrogen-bond acceptors (Lipinski definition) is 3. The minimum absolute atomic E-state index is 0.0138.